The lowest BCUT2D eigenvalue weighted by Crippen LogP contribution is -2.08. The monoisotopic (exact) mass is 324 g/mol. The van der Waals surface area contributed by atoms with Crippen molar-refractivity contribution >= 4 is 20.6 Å². The molecular formula is C20H20O2S. The molecule has 3 rings (SSSR count). The highest BCUT2D eigenvalue weighted by Crippen LogP contribution is 2.22. The van der Waals surface area contributed by atoms with Crippen LogP contribution in [0.15, 0.2) is 60.7 Å². The molecule has 0 aromatic heterocycles. The third-order valence-electron chi connectivity index (χ3n) is 3.92. The molecule has 0 bridgehead atoms. The second kappa shape index (κ2) is 6.17. The summed E-state index contributed by atoms with van der Waals surface area (Å²) in [4.78, 5) is 0. The summed E-state index contributed by atoms with van der Waals surface area (Å²) in [7, 11) is -3.21. The zero-order valence-corrected chi connectivity index (χ0v) is 14.2. The van der Waals surface area contributed by atoms with Crippen LogP contribution < -0.4 is 0 Å². The highest BCUT2D eigenvalue weighted by atomic mass is 32.2. The molecule has 3 heteroatoms. The second-order valence-electron chi connectivity index (χ2n) is 6.17. The van der Waals surface area contributed by atoms with E-state index in [1.54, 1.807) is 0 Å². The van der Waals surface area contributed by atoms with Gasteiger partial charge in [-0.15, -0.1) is 0 Å². The molecule has 0 atom stereocenters. The van der Waals surface area contributed by atoms with Crippen LogP contribution in [0.25, 0.3) is 10.8 Å². The van der Waals surface area contributed by atoms with E-state index < -0.39 is 9.84 Å². The summed E-state index contributed by atoms with van der Waals surface area (Å²) in [5.41, 5.74) is 3.93. The first kappa shape index (κ1) is 15.8. The largest absolute Gasteiger partial charge is 0.228 e. The molecule has 0 saturated heterocycles. The zero-order chi connectivity index (χ0) is 16.4. The molecule has 0 unspecified atom stereocenters. The summed E-state index contributed by atoms with van der Waals surface area (Å²) in [5.74, 6) is 0.153. The quantitative estimate of drug-likeness (QED) is 0.704. The summed E-state index contributed by atoms with van der Waals surface area (Å²) in [5, 5.41) is 2.09. The van der Waals surface area contributed by atoms with E-state index in [-0.39, 0.29) is 11.5 Å². The zero-order valence-electron chi connectivity index (χ0n) is 13.4. The van der Waals surface area contributed by atoms with Crippen LogP contribution in [0.4, 0.5) is 0 Å². The van der Waals surface area contributed by atoms with Crippen LogP contribution in [0.1, 0.15) is 22.3 Å². The first-order valence-electron chi connectivity index (χ1n) is 7.67. The Bertz CT molecular complexity index is 931. The molecule has 0 amide bonds. The fraction of sp³-hybridized carbons (Fsp3) is 0.200. The Morgan fingerprint density at radius 1 is 0.783 bits per heavy atom. The van der Waals surface area contributed by atoms with Crippen molar-refractivity contribution in [1.29, 1.82) is 0 Å². The number of rotatable bonds is 4. The Kier molecular flexibility index (Phi) is 4.22. The van der Waals surface area contributed by atoms with Crippen LogP contribution in [-0.4, -0.2) is 8.42 Å². The van der Waals surface area contributed by atoms with Crippen molar-refractivity contribution in [1.82, 2.24) is 0 Å². The van der Waals surface area contributed by atoms with E-state index in [1.165, 1.54) is 0 Å². The maximum absolute atomic E-state index is 12.6. The fourth-order valence-corrected chi connectivity index (χ4v) is 4.61. The smallest absolute Gasteiger partial charge is 0.158 e. The van der Waals surface area contributed by atoms with Crippen molar-refractivity contribution in [2.24, 2.45) is 0 Å². The fourth-order valence-electron chi connectivity index (χ4n) is 3.11. The SMILES string of the molecule is Cc1cc(C)cc(CS(=O)(=O)Cc2cccc3ccccc23)c1. The Morgan fingerprint density at radius 3 is 2.17 bits per heavy atom. The van der Waals surface area contributed by atoms with Crippen LogP contribution in [0.3, 0.4) is 0 Å². The summed E-state index contributed by atoms with van der Waals surface area (Å²) >= 11 is 0. The Hall–Kier alpha value is -2.13. The number of aryl methyl sites for hydroxylation is 2. The third kappa shape index (κ3) is 3.80. The molecule has 0 heterocycles. The van der Waals surface area contributed by atoms with Gasteiger partial charge in [0.1, 0.15) is 0 Å². The average Bonchev–Trinajstić information content (AvgIpc) is 2.45. The van der Waals surface area contributed by atoms with Crippen LogP contribution >= 0.6 is 0 Å². The molecule has 2 nitrogen and oxygen atoms in total. The summed E-state index contributed by atoms with van der Waals surface area (Å²) in [6.45, 7) is 3.99. The van der Waals surface area contributed by atoms with Gasteiger partial charge >= 0.3 is 0 Å². The Labute approximate surface area is 137 Å². The molecule has 3 aromatic rings. The summed E-state index contributed by atoms with van der Waals surface area (Å²) in [6, 6.07) is 19.7. The highest BCUT2D eigenvalue weighted by Gasteiger charge is 2.15. The van der Waals surface area contributed by atoms with Gasteiger partial charge in [-0.25, -0.2) is 8.42 Å². The first-order valence-corrected chi connectivity index (χ1v) is 9.49. The topological polar surface area (TPSA) is 34.1 Å². The van der Waals surface area contributed by atoms with Gasteiger partial charge < -0.3 is 0 Å². The van der Waals surface area contributed by atoms with E-state index in [4.69, 9.17) is 0 Å². The van der Waals surface area contributed by atoms with Crippen molar-refractivity contribution in [3.05, 3.63) is 82.9 Å². The second-order valence-corrected chi connectivity index (χ2v) is 8.23. The standard InChI is InChI=1S/C20H20O2S/c1-15-10-16(2)12-17(11-15)13-23(21,22)14-19-8-5-7-18-6-3-4-9-20(18)19/h3-12H,13-14H2,1-2H3. The molecular weight excluding hydrogens is 304 g/mol. The van der Waals surface area contributed by atoms with Crippen LogP contribution in [0.5, 0.6) is 0 Å². The van der Waals surface area contributed by atoms with E-state index in [2.05, 4.69) is 6.07 Å². The van der Waals surface area contributed by atoms with Gasteiger partial charge in [0.2, 0.25) is 0 Å². The van der Waals surface area contributed by atoms with Crippen molar-refractivity contribution in [3.63, 3.8) is 0 Å². The number of fused-ring (bicyclic) bond motifs is 1. The number of sulfone groups is 1. The van der Waals surface area contributed by atoms with Crippen LogP contribution in [0, 0.1) is 13.8 Å². The molecule has 0 saturated carbocycles. The minimum absolute atomic E-state index is 0.0708. The highest BCUT2D eigenvalue weighted by molar-refractivity contribution is 7.89. The molecule has 0 aliphatic rings. The average molecular weight is 324 g/mol. The van der Waals surface area contributed by atoms with Crippen molar-refractivity contribution in [3.8, 4) is 0 Å². The number of hydrogen-bond donors (Lipinski definition) is 0. The van der Waals surface area contributed by atoms with Crippen molar-refractivity contribution in [2.75, 3.05) is 0 Å². The third-order valence-corrected chi connectivity index (χ3v) is 5.45. The normalized spacial score (nSPS) is 11.7. The number of benzene rings is 3. The summed E-state index contributed by atoms with van der Waals surface area (Å²) < 4.78 is 25.3. The van der Waals surface area contributed by atoms with Gasteiger partial charge in [0.25, 0.3) is 0 Å². The maximum Gasteiger partial charge on any atom is 0.158 e. The van der Waals surface area contributed by atoms with Gasteiger partial charge in [-0.2, -0.15) is 0 Å². The molecule has 3 aromatic carbocycles. The lowest BCUT2D eigenvalue weighted by molar-refractivity contribution is 0.594. The molecule has 118 valence electrons. The van der Waals surface area contributed by atoms with Gasteiger partial charge in [-0.1, -0.05) is 71.8 Å². The van der Waals surface area contributed by atoms with Gasteiger partial charge in [0.15, 0.2) is 9.84 Å². The molecule has 0 aliphatic heterocycles. The lowest BCUT2D eigenvalue weighted by Gasteiger charge is -2.09. The van der Waals surface area contributed by atoms with Crippen LogP contribution in [0.2, 0.25) is 0 Å². The first-order chi connectivity index (χ1) is 10.9. The molecule has 0 radical (unpaired) electrons. The van der Waals surface area contributed by atoms with Gasteiger partial charge in [0, 0.05) is 0 Å². The molecule has 0 fully saturated rings. The Balaban J connectivity index is 1.91. The van der Waals surface area contributed by atoms with E-state index in [0.717, 1.165) is 33.0 Å². The minimum atomic E-state index is -3.21. The minimum Gasteiger partial charge on any atom is -0.228 e. The molecule has 0 N–H and O–H groups in total. The van der Waals surface area contributed by atoms with Gasteiger partial charge in [-0.3, -0.25) is 0 Å². The summed E-state index contributed by atoms with van der Waals surface area (Å²) in [6.07, 6.45) is 0. The predicted molar refractivity (Wildman–Crippen MR) is 96.2 cm³/mol. The van der Waals surface area contributed by atoms with E-state index in [1.807, 2.05) is 68.4 Å². The van der Waals surface area contributed by atoms with E-state index in [0.29, 0.717) is 0 Å². The molecule has 0 aliphatic carbocycles. The van der Waals surface area contributed by atoms with Crippen LogP contribution in [-0.2, 0) is 21.3 Å². The molecule has 23 heavy (non-hydrogen) atoms. The van der Waals surface area contributed by atoms with Gasteiger partial charge in [-0.05, 0) is 35.7 Å². The number of hydrogen-bond acceptors (Lipinski definition) is 2. The lowest BCUT2D eigenvalue weighted by atomic mass is 10.1. The van der Waals surface area contributed by atoms with E-state index >= 15 is 0 Å². The van der Waals surface area contributed by atoms with E-state index in [9.17, 15) is 8.42 Å². The predicted octanol–water partition coefficient (Wildman–Crippen LogP) is 4.57. The Morgan fingerprint density at radius 2 is 1.43 bits per heavy atom. The maximum atomic E-state index is 12.6. The van der Waals surface area contributed by atoms with Gasteiger partial charge in [0.05, 0.1) is 11.5 Å². The van der Waals surface area contributed by atoms with Crippen molar-refractivity contribution < 1.29 is 8.42 Å². The van der Waals surface area contributed by atoms with Crippen molar-refractivity contribution in [2.45, 2.75) is 25.4 Å². The molecule has 0 spiro atoms.